The summed E-state index contributed by atoms with van der Waals surface area (Å²) < 4.78 is 61.5. The number of imide groups is 2. The Kier molecular flexibility index (Phi) is 8.17. The van der Waals surface area contributed by atoms with E-state index in [1.54, 1.807) is 0 Å². The monoisotopic (exact) mass is 768 g/mol. The molecule has 20 heteroatoms. The summed E-state index contributed by atoms with van der Waals surface area (Å²) in [6.07, 6.45) is 0. The molecule has 0 bridgehead atoms. The summed E-state index contributed by atoms with van der Waals surface area (Å²) in [5.41, 5.74) is -9.18. The molecule has 0 saturated carbocycles. The number of benzene rings is 3. The van der Waals surface area contributed by atoms with Gasteiger partial charge in [-0.3, -0.25) is 28.8 Å². The van der Waals surface area contributed by atoms with E-state index in [2.05, 4.69) is 0 Å². The molecule has 226 valence electrons. The number of fused-ring (bicyclic) bond motifs is 2. The highest BCUT2D eigenvalue weighted by atomic mass is 35.5. The van der Waals surface area contributed by atoms with Crippen LogP contribution >= 0.6 is 92.8 Å². The molecule has 4 amide bonds. The lowest BCUT2D eigenvalue weighted by Crippen LogP contribution is -2.35. The summed E-state index contributed by atoms with van der Waals surface area (Å²) >= 11 is 46.9. The largest absolute Gasteiger partial charge is 0.275 e. The highest BCUT2D eigenvalue weighted by Gasteiger charge is 2.50. The highest BCUT2D eigenvalue weighted by Crippen LogP contribution is 2.49. The Labute approximate surface area is 279 Å². The predicted octanol–water partition coefficient (Wildman–Crippen LogP) is 8.52. The number of hydrogen-bond acceptors (Lipinski definition) is 6. The number of carbonyl (C=O) groups is 6. The molecule has 44 heavy (non-hydrogen) atoms. The first kappa shape index (κ1) is 32.7. The van der Waals surface area contributed by atoms with E-state index >= 15 is 17.6 Å². The van der Waals surface area contributed by atoms with Crippen molar-refractivity contribution in [3.8, 4) is 0 Å². The second-order valence-electron chi connectivity index (χ2n) is 8.53. The number of rotatable bonds is 4. The third-order valence-corrected chi connectivity index (χ3v) is 9.21. The van der Waals surface area contributed by atoms with Gasteiger partial charge in [-0.1, -0.05) is 69.6 Å². The molecule has 2 aliphatic heterocycles. The van der Waals surface area contributed by atoms with E-state index in [4.69, 9.17) is 92.8 Å². The summed E-state index contributed by atoms with van der Waals surface area (Å²) in [5.74, 6) is -16.8. The van der Waals surface area contributed by atoms with Gasteiger partial charge in [-0.05, 0) is 23.2 Å². The van der Waals surface area contributed by atoms with Crippen molar-refractivity contribution in [1.29, 1.82) is 0 Å². The lowest BCUT2D eigenvalue weighted by molar-refractivity contribution is 0.0911. The van der Waals surface area contributed by atoms with Crippen LogP contribution in [0.5, 0.6) is 0 Å². The van der Waals surface area contributed by atoms with Gasteiger partial charge in [-0.2, -0.15) is 0 Å². The highest BCUT2D eigenvalue weighted by molar-refractivity contribution is 6.71. The van der Waals surface area contributed by atoms with Crippen LogP contribution in [-0.2, 0) is 0 Å². The van der Waals surface area contributed by atoms with Crippen molar-refractivity contribution >= 4 is 138 Å². The van der Waals surface area contributed by atoms with Crippen LogP contribution in [0.3, 0.4) is 0 Å². The van der Waals surface area contributed by atoms with Crippen LogP contribution in [0.1, 0.15) is 62.1 Å². The van der Waals surface area contributed by atoms with Crippen LogP contribution in [0.25, 0.3) is 0 Å². The average molecular weight is 772 g/mol. The van der Waals surface area contributed by atoms with Crippen molar-refractivity contribution in [2.24, 2.45) is 0 Å². The second kappa shape index (κ2) is 11.0. The van der Waals surface area contributed by atoms with Crippen molar-refractivity contribution < 1.29 is 46.3 Å². The maximum atomic E-state index is 16.1. The molecule has 2 aliphatic rings. The normalized spacial score (nSPS) is 14.2. The Morgan fingerprint density at radius 3 is 0.977 bits per heavy atom. The van der Waals surface area contributed by atoms with Gasteiger partial charge in [0.25, 0.3) is 34.1 Å². The second-order valence-corrected chi connectivity index (χ2v) is 11.5. The fourth-order valence-corrected chi connectivity index (χ4v) is 6.98. The van der Waals surface area contributed by atoms with E-state index < -0.39 is 142 Å². The zero-order valence-electron chi connectivity index (χ0n) is 19.9. The van der Waals surface area contributed by atoms with Gasteiger partial charge in [0.1, 0.15) is 11.4 Å². The van der Waals surface area contributed by atoms with Crippen molar-refractivity contribution in [2.75, 3.05) is 9.80 Å². The van der Waals surface area contributed by atoms with Crippen LogP contribution < -0.4 is 9.80 Å². The smallest absolute Gasteiger partial charge is 0.267 e. The minimum absolute atomic E-state index is 0.392. The first-order valence-corrected chi connectivity index (χ1v) is 13.9. The van der Waals surface area contributed by atoms with Crippen molar-refractivity contribution in [1.82, 2.24) is 0 Å². The molecule has 3 aromatic rings. The Morgan fingerprint density at radius 1 is 0.432 bits per heavy atom. The maximum absolute atomic E-state index is 16.1. The maximum Gasteiger partial charge on any atom is 0.267 e. The molecule has 0 atom stereocenters. The van der Waals surface area contributed by atoms with Crippen LogP contribution in [-0.4, -0.2) is 34.1 Å². The SMILES string of the molecule is O=C(Cl)c1c(Cl)c(Cl)c2c(c1Cl)C(=O)N(c1c(F)c(F)c(F)c(N3C(=O)c4c(Cl)c(Cl)c(C(=O)Cl)c(Cl)c4C3=O)c1F)C2=O. The third-order valence-electron chi connectivity index (χ3n) is 6.37. The Morgan fingerprint density at radius 2 is 0.705 bits per heavy atom. The minimum Gasteiger partial charge on any atom is -0.275 e. The molecule has 0 unspecified atom stereocenters. The molecule has 2 heterocycles. The molecular weight excluding hydrogens is 772 g/mol. The first-order valence-electron chi connectivity index (χ1n) is 10.8. The van der Waals surface area contributed by atoms with E-state index in [9.17, 15) is 28.8 Å². The Bertz CT molecular complexity index is 1900. The average Bonchev–Trinajstić information content (AvgIpc) is 3.34. The Balaban J connectivity index is 1.78. The lowest BCUT2D eigenvalue weighted by atomic mass is 10.1. The number of hydrogen-bond donors (Lipinski definition) is 0. The van der Waals surface area contributed by atoms with Gasteiger partial charge in [0.15, 0.2) is 23.3 Å². The van der Waals surface area contributed by atoms with Crippen LogP contribution in [0.2, 0.25) is 30.1 Å². The molecule has 3 aromatic carbocycles. The van der Waals surface area contributed by atoms with Gasteiger partial charge < -0.3 is 0 Å². The zero-order valence-corrected chi connectivity index (χ0v) is 25.9. The van der Waals surface area contributed by atoms with E-state index in [-0.39, 0.29) is 0 Å². The number of amides is 4. The van der Waals surface area contributed by atoms with Crippen LogP contribution in [0.15, 0.2) is 0 Å². The number of halogens is 12. The van der Waals surface area contributed by atoms with E-state index in [1.165, 1.54) is 0 Å². The fourth-order valence-electron chi connectivity index (χ4n) is 4.51. The van der Waals surface area contributed by atoms with E-state index in [0.717, 1.165) is 0 Å². The van der Waals surface area contributed by atoms with Crippen molar-refractivity contribution in [2.45, 2.75) is 0 Å². The zero-order chi connectivity index (χ0) is 33.0. The molecule has 0 spiro atoms. The predicted molar refractivity (Wildman–Crippen MR) is 152 cm³/mol. The summed E-state index contributed by atoms with van der Waals surface area (Å²) in [6, 6.07) is 0. The number of nitrogens with zero attached hydrogens (tertiary/aromatic N) is 2. The van der Waals surface area contributed by atoms with E-state index in [1.807, 2.05) is 0 Å². The molecule has 0 aliphatic carbocycles. The molecule has 8 nitrogen and oxygen atoms in total. The minimum atomic E-state index is -2.58. The molecule has 0 fully saturated rings. The van der Waals surface area contributed by atoms with Crippen LogP contribution in [0, 0.1) is 23.3 Å². The quantitative estimate of drug-likeness (QED) is 0.0866. The summed E-state index contributed by atoms with van der Waals surface area (Å²) in [6.45, 7) is 0. The van der Waals surface area contributed by atoms with Crippen molar-refractivity contribution in [3.63, 3.8) is 0 Å². The Hall–Kier alpha value is -2.68. The summed E-state index contributed by atoms with van der Waals surface area (Å²) in [4.78, 5) is 76.1. The lowest BCUT2D eigenvalue weighted by Gasteiger charge is -2.22. The third kappa shape index (κ3) is 4.19. The summed E-state index contributed by atoms with van der Waals surface area (Å²) in [7, 11) is 0. The van der Waals surface area contributed by atoms with Crippen molar-refractivity contribution in [3.05, 3.63) is 86.8 Å². The van der Waals surface area contributed by atoms with Gasteiger partial charge >= 0.3 is 0 Å². The topological polar surface area (TPSA) is 109 Å². The number of anilines is 2. The molecule has 0 radical (unpaired) electrons. The summed E-state index contributed by atoms with van der Waals surface area (Å²) in [5, 5.41) is -7.63. The molecule has 0 N–H and O–H groups in total. The molecular formula is C24Cl8F4N2O6. The molecule has 0 aromatic heterocycles. The number of carbonyl (C=O) groups excluding carboxylic acids is 6. The van der Waals surface area contributed by atoms with Gasteiger partial charge in [-0.25, -0.2) is 27.4 Å². The van der Waals surface area contributed by atoms with Crippen LogP contribution in [0.4, 0.5) is 28.9 Å². The van der Waals surface area contributed by atoms with Gasteiger partial charge in [0, 0.05) is 0 Å². The fraction of sp³-hybridized carbons (Fsp3) is 0. The van der Waals surface area contributed by atoms with E-state index in [0.29, 0.717) is 0 Å². The van der Waals surface area contributed by atoms with Gasteiger partial charge in [-0.15, -0.1) is 0 Å². The van der Waals surface area contributed by atoms with Gasteiger partial charge in [0.2, 0.25) is 0 Å². The molecule has 5 rings (SSSR count). The standard InChI is InChI=1S/C24Cl8F4N2O6/c25-7-1-3(9(27)11(29)5(7)19(31)39)23(43)37(21(1)41)17-14(34)13(33)15(35)18(16(17)36)38-22(42)2-4(24(38)44)10(28)12(30)6(8(2)26)20(32)40. The van der Waals surface area contributed by atoms with Gasteiger partial charge in [0.05, 0.1) is 63.5 Å². The molecule has 0 saturated heterocycles. The first-order chi connectivity index (χ1) is 20.4.